The van der Waals surface area contributed by atoms with E-state index in [1.807, 2.05) is 36.0 Å². The smallest absolute Gasteiger partial charge is 0.253 e. The average molecular weight is 289 g/mol. The molecule has 1 amide bonds. The quantitative estimate of drug-likeness (QED) is 0.802. The summed E-state index contributed by atoms with van der Waals surface area (Å²) in [5.41, 5.74) is 6.42. The molecule has 0 unspecified atom stereocenters. The van der Waals surface area contributed by atoms with Crippen LogP contribution in [-0.4, -0.2) is 29.4 Å². The molecule has 0 saturated heterocycles. The molecule has 0 fully saturated rings. The number of fused-ring (bicyclic) bond motifs is 1. The zero-order valence-corrected chi connectivity index (χ0v) is 12.4. The number of nitrogens with two attached hydrogens (primary N) is 1. The summed E-state index contributed by atoms with van der Waals surface area (Å²) in [6.45, 7) is 0.693. The number of benzene rings is 1. The number of amides is 1. The van der Waals surface area contributed by atoms with Crippen molar-refractivity contribution in [1.82, 2.24) is 10.3 Å². The third-order valence-electron chi connectivity index (χ3n) is 3.13. The number of carbonyl (C=O) groups excluding carboxylic acids is 1. The van der Waals surface area contributed by atoms with E-state index in [0.717, 1.165) is 29.4 Å². The molecule has 0 bridgehead atoms. The number of anilines is 1. The third-order valence-corrected chi connectivity index (χ3v) is 3.83. The van der Waals surface area contributed by atoms with Gasteiger partial charge in [0.15, 0.2) is 0 Å². The summed E-state index contributed by atoms with van der Waals surface area (Å²) >= 11 is 1.82. The molecule has 0 radical (unpaired) electrons. The molecule has 1 aromatic heterocycles. The van der Waals surface area contributed by atoms with E-state index < -0.39 is 0 Å². The summed E-state index contributed by atoms with van der Waals surface area (Å²) in [6.07, 6.45) is 5.74. The molecular weight excluding hydrogens is 270 g/mol. The molecule has 4 nitrogen and oxygen atoms in total. The number of hydrogen-bond acceptors (Lipinski definition) is 4. The van der Waals surface area contributed by atoms with Gasteiger partial charge in [-0.15, -0.1) is 0 Å². The van der Waals surface area contributed by atoms with Gasteiger partial charge in [0.05, 0.1) is 5.56 Å². The molecule has 106 valence electrons. The highest BCUT2D eigenvalue weighted by molar-refractivity contribution is 7.98. The van der Waals surface area contributed by atoms with Gasteiger partial charge in [-0.1, -0.05) is 24.3 Å². The fourth-order valence-corrected chi connectivity index (χ4v) is 2.56. The number of nitrogens with one attached hydrogen (secondary N) is 1. The fraction of sp³-hybridized carbons (Fsp3) is 0.333. The molecule has 3 N–H and O–H groups in total. The molecular formula is C15H19N3OS. The topological polar surface area (TPSA) is 68.0 Å². The number of unbranched alkanes of at least 4 members (excludes halogenated alkanes) is 1. The van der Waals surface area contributed by atoms with Gasteiger partial charge in [0.25, 0.3) is 5.91 Å². The minimum Gasteiger partial charge on any atom is -0.383 e. The number of pyridine rings is 1. The van der Waals surface area contributed by atoms with Crippen molar-refractivity contribution in [3.05, 3.63) is 36.0 Å². The summed E-state index contributed by atoms with van der Waals surface area (Å²) in [6, 6.07) is 7.57. The van der Waals surface area contributed by atoms with Crippen molar-refractivity contribution in [3.63, 3.8) is 0 Å². The number of hydrogen-bond donors (Lipinski definition) is 2. The Hall–Kier alpha value is -1.75. The van der Waals surface area contributed by atoms with Gasteiger partial charge in [-0.3, -0.25) is 4.79 Å². The maximum absolute atomic E-state index is 12.2. The number of aromatic nitrogens is 1. The molecule has 0 aliphatic rings. The monoisotopic (exact) mass is 289 g/mol. The van der Waals surface area contributed by atoms with Crippen molar-refractivity contribution in [3.8, 4) is 0 Å². The molecule has 5 heteroatoms. The second kappa shape index (κ2) is 7.14. The Labute approximate surface area is 123 Å². The van der Waals surface area contributed by atoms with Crippen LogP contribution in [0.1, 0.15) is 23.2 Å². The van der Waals surface area contributed by atoms with Gasteiger partial charge < -0.3 is 11.1 Å². The van der Waals surface area contributed by atoms with Crippen LogP contribution in [0.25, 0.3) is 10.8 Å². The number of carbonyl (C=O) groups is 1. The van der Waals surface area contributed by atoms with Crippen LogP contribution in [0, 0.1) is 0 Å². The van der Waals surface area contributed by atoms with E-state index in [4.69, 9.17) is 5.73 Å². The Balaban J connectivity index is 2.09. The van der Waals surface area contributed by atoms with E-state index in [9.17, 15) is 4.79 Å². The van der Waals surface area contributed by atoms with Crippen LogP contribution in [0.4, 0.5) is 5.82 Å². The molecule has 2 aromatic rings. The van der Waals surface area contributed by atoms with Crippen molar-refractivity contribution in [2.45, 2.75) is 12.8 Å². The van der Waals surface area contributed by atoms with Crippen molar-refractivity contribution >= 4 is 34.3 Å². The van der Waals surface area contributed by atoms with E-state index in [-0.39, 0.29) is 5.91 Å². The molecule has 20 heavy (non-hydrogen) atoms. The SMILES string of the molecule is CSCCCCNC(=O)c1cnc(N)c2ccccc12. The summed E-state index contributed by atoms with van der Waals surface area (Å²) in [5, 5.41) is 4.61. The Morgan fingerprint density at radius 1 is 1.30 bits per heavy atom. The van der Waals surface area contributed by atoms with E-state index in [2.05, 4.69) is 16.6 Å². The molecule has 1 aromatic carbocycles. The lowest BCUT2D eigenvalue weighted by Gasteiger charge is -2.08. The minimum absolute atomic E-state index is 0.0853. The lowest BCUT2D eigenvalue weighted by Crippen LogP contribution is -2.25. The Kier molecular flexibility index (Phi) is 5.24. The number of nitrogen functional groups attached to an aromatic ring is 1. The Morgan fingerprint density at radius 2 is 2.05 bits per heavy atom. The van der Waals surface area contributed by atoms with Gasteiger partial charge in [0.1, 0.15) is 5.82 Å². The van der Waals surface area contributed by atoms with Crippen molar-refractivity contribution < 1.29 is 4.79 Å². The number of thioether (sulfide) groups is 1. The average Bonchev–Trinajstić information content (AvgIpc) is 2.47. The third kappa shape index (κ3) is 3.42. The van der Waals surface area contributed by atoms with Crippen LogP contribution in [0.3, 0.4) is 0 Å². The maximum Gasteiger partial charge on any atom is 0.253 e. The normalized spacial score (nSPS) is 10.7. The summed E-state index contributed by atoms with van der Waals surface area (Å²) in [7, 11) is 0. The van der Waals surface area contributed by atoms with Crippen LogP contribution in [0.2, 0.25) is 0 Å². The second-order valence-corrected chi connectivity index (χ2v) is 5.54. The first-order valence-corrected chi connectivity index (χ1v) is 8.03. The minimum atomic E-state index is -0.0853. The highest BCUT2D eigenvalue weighted by Crippen LogP contribution is 2.22. The lowest BCUT2D eigenvalue weighted by molar-refractivity contribution is 0.0954. The highest BCUT2D eigenvalue weighted by Gasteiger charge is 2.11. The van der Waals surface area contributed by atoms with Crippen LogP contribution in [0.5, 0.6) is 0 Å². The van der Waals surface area contributed by atoms with Crippen LogP contribution in [-0.2, 0) is 0 Å². The van der Waals surface area contributed by atoms with E-state index in [1.165, 1.54) is 0 Å². The van der Waals surface area contributed by atoms with Crippen LogP contribution < -0.4 is 11.1 Å². The summed E-state index contributed by atoms with van der Waals surface area (Å²) < 4.78 is 0. The predicted molar refractivity (Wildman–Crippen MR) is 86.1 cm³/mol. The molecule has 0 spiro atoms. The molecule has 1 heterocycles. The first-order valence-electron chi connectivity index (χ1n) is 6.64. The first-order chi connectivity index (χ1) is 9.74. The Bertz CT molecular complexity index is 601. The van der Waals surface area contributed by atoms with Crippen LogP contribution in [0.15, 0.2) is 30.5 Å². The fourth-order valence-electron chi connectivity index (χ4n) is 2.06. The number of nitrogens with zero attached hydrogens (tertiary/aromatic N) is 1. The van der Waals surface area contributed by atoms with E-state index in [1.54, 1.807) is 6.20 Å². The highest BCUT2D eigenvalue weighted by atomic mass is 32.2. The molecule has 2 rings (SSSR count). The zero-order valence-electron chi connectivity index (χ0n) is 11.6. The first kappa shape index (κ1) is 14.7. The van der Waals surface area contributed by atoms with E-state index >= 15 is 0 Å². The second-order valence-electron chi connectivity index (χ2n) is 4.56. The standard InChI is InChI=1S/C15H19N3OS/c1-20-9-5-4-8-17-15(19)13-10-18-14(16)12-7-3-2-6-11(12)13/h2-3,6-7,10H,4-5,8-9H2,1H3,(H2,16,18)(H,17,19). The van der Waals surface area contributed by atoms with Gasteiger partial charge in [-0.2, -0.15) is 11.8 Å². The Morgan fingerprint density at radius 3 is 2.80 bits per heavy atom. The molecule has 0 atom stereocenters. The summed E-state index contributed by atoms with van der Waals surface area (Å²) in [4.78, 5) is 16.3. The van der Waals surface area contributed by atoms with E-state index in [0.29, 0.717) is 17.9 Å². The zero-order chi connectivity index (χ0) is 14.4. The molecule has 0 aliphatic carbocycles. The lowest BCUT2D eigenvalue weighted by atomic mass is 10.1. The van der Waals surface area contributed by atoms with Gasteiger partial charge in [0.2, 0.25) is 0 Å². The van der Waals surface area contributed by atoms with Crippen molar-refractivity contribution in [2.75, 3.05) is 24.3 Å². The molecule has 0 saturated carbocycles. The van der Waals surface area contributed by atoms with Gasteiger partial charge in [-0.25, -0.2) is 4.98 Å². The van der Waals surface area contributed by atoms with Gasteiger partial charge in [-0.05, 0) is 30.2 Å². The largest absolute Gasteiger partial charge is 0.383 e. The van der Waals surface area contributed by atoms with Gasteiger partial charge >= 0.3 is 0 Å². The van der Waals surface area contributed by atoms with Crippen molar-refractivity contribution in [1.29, 1.82) is 0 Å². The predicted octanol–water partition coefficient (Wildman–Crippen LogP) is 2.69. The molecule has 0 aliphatic heterocycles. The van der Waals surface area contributed by atoms with Crippen molar-refractivity contribution in [2.24, 2.45) is 0 Å². The van der Waals surface area contributed by atoms with Gasteiger partial charge in [0, 0.05) is 18.1 Å². The maximum atomic E-state index is 12.2. The summed E-state index contributed by atoms with van der Waals surface area (Å²) in [5.74, 6) is 1.50. The number of rotatable bonds is 6. The van der Waals surface area contributed by atoms with Crippen LogP contribution >= 0.6 is 11.8 Å².